The lowest BCUT2D eigenvalue weighted by molar-refractivity contribution is 0.197. The van der Waals surface area contributed by atoms with Gasteiger partial charge >= 0.3 is 0 Å². The van der Waals surface area contributed by atoms with Crippen molar-refractivity contribution in [2.24, 2.45) is 17.6 Å². The molecule has 2 saturated carbocycles. The molecular formula is C17H26N2O. The maximum absolute atomic E-state index is 5.86. The first-order valence-corrected chi connectivity index (χ1v) is 7.97. The average Bonchev–Trinajstić information content (AvgIpc) is 3.36. The summed E-state index contributed by atoms with van der Waals surface area (Å²) in [5.41, 5.74) is 6.75. The van der Waals surface area contributed by atoms with E-state index in [1.165, 1.54) is 38.8 Å². The van der Waals surface area contributed by atoms with Crippen LogP contribution in [-0.4, -0.2) is 31.1 Å². The summed E-state index contributed by atoms with van der Waals surface area (Å²) >= 11 is 0. The third kappa shape index (κ3) is 4.50. The zero-order valence-corrected chi connectivity index (χ0v) is 12.3. The minimum absolute atomic E-state index is 0.594. The van der Waals surface area contributed by atoms with Crippen LogP contribution in [0.1, 0.15) is 31.2 Å². The molecule has 0 saturated heterocycles. The third-order valence-corrected chi connectivity index (χ3v) is 4.26. The number of ether oxygens (including phenoxy) is 1. The fourth-order valence-corrected chi connectivity index (χ4v) is 2.60. The largest absolute Gasteiger partial charge is 0.492 e. The van der Waals surface area contributed by atoms with Gasteiger partial charge in [0.1, 0.15) is 12.4 Å². The van der Waals surface area contributed by atoms with Gasteiger partial charge in [-0.15, -0.1) is 0 Å². The molecule has 0 radical (unpaired) electrons. The first-order chi connectivity index (χ1) is 9.83. The van der Waals surface area contributed by atoms with Crippen LogP contribution in [0.3, 0.4) is 0 Å². The van der Waals surface area contributed by atoms with Gasteiger partial charge in [-0.1, -0.05) is 12.1 Å². The quantitative estimate of drug-likeness (QED) is 0.752. The first-order valence-electron chi connectivity index (χ1n) is 7.97. The Hall–Kier alpha value is -1.06. The van der Waals surface area contributed by atoms with Crippen molar-refractivity contribution in [3.8, 4) is 5.75 Å². The fraction of sp³-hybridized carbons (Fsp3) is 0.647. The highest BCUT2D eigenvalue weighted by atomic mass is 16.5. The van der Waals surface area contributed by atoms with Crippen LogP contribution in [0.25, 0.3) is 0 Å². The van der Waals surface area contributed by atoms with Crippen LogP contribution in [0.5, 0.6) is 5.75 Å². The molecule has 0 unspecified atom stereocenters. The average molecular weight is 274 g/mol. The van der Waals surface area contributed by atoms with Crippen molar-refractivity contribution in [3.63, 3.8) is 0 Å². The van der Waals surface area contributed by atoms with E-state index in [1.807, 2.05) is 24.3 Å². The van der Waals surface area contributed by atoms with Crippen molar-refractivity contribution in [3.05, 3.63) is 29.8 Å². The molecule has 3 nitrogen and oxygen atoms in total. The van der Waals surface area contributed by atoms with E-state index in [9.17, 15) is 0 Å². The SMILES string of the molecule is NCc1ccc(OCCN(CC2CC2)CC2CC2)cc1. The molecule has 110 valence electrons. The molecule has 20 heavy (non-hydrogen) atoms. The molecule has 2 aliphatic rings. The number of nitrogens with zero attached hydrogens (tertiary/aromatic N) is 1. The molecule has 0 bridgehead atoms. The smallest absolute Gasteiger partial charge is 0.119 e. The lowest BCUT2D eigenvalue weighted by atomic mass is 10.2. The summed E-state index contributed by atoms with van der Waals surface area (Å²) in [7, 11) is 0. The van der Waals surface area contributed by atoms with Gasteiger partial charge in [0.2, 0.25) is 0 Å². The number of hydrogen-bond acceptors (Lipinski definition) is 3. The van der Waals surface area contributed by atoms with Crippen molar-refractivity contribution in [2.45, 2.75) is 32.2 Å². The molecule has 2 fully saturated rings. The van der Waals surface area contributed by atoms with Crippen molar-refractivity contribution < 1.29 is 4.74 Å². The molecule has 0 atom stereocenters. The van der Waals surface area contributed by atoms with Crippen LogP contribution in [-0.2, 0) is 6.54 Å². The highest BCUT2D eigenvalue weighted by molar-refractivity contribution is 5.27. The molecule has 1 aromatic rings. The number of benzene rings is 1. The second-order valence-electron chi connectivity index (χ2n) is 6.34. The number of hydrogen-bond donors (Lipinski definition) is 1. The molecule has 0 aliphatic heterocycles. The van der Waals surface area contributed by atoms with Gasteiger partial charge in [-0.05, 0) is 55.2 Å². The molecule has 3 rings (SSSR count). The summed E-state index contributed by atoms with van der Waals surface area (Å²) in [6, 6.07) is 8.13. The van der Waals surface area contributed by atoms with Crippen molar-refractivity contribution in [1.82, 2.24) is 4.90 Å². The highest BCUT2D eigenvalue weighted by Gasteiger charge is 2.28. The molecule has 0 aromatic heterocycles. The summed E-state index contributed by atoms with van der Waals surface area (Å²) in [6.45, 7) is 5.02. The zero-order chi connectivity index (χ0) is 13.8. The molecule has 0 heterocycles. The maximum Gasteiger partial charge on any atom is 0.119 e. The van der Waals surface area contributed by atoms with Gasteiger partial charge in [0.05, 0.1) is 0 Å². The Morgan fingerprint density at radius 1 is 1.00 bits per heavy atom. The Labute approximate surface area is 122 Å². The summed E-state index contributed by atoms with van der Waals surface area (Å²) in [5.74, 6) is 2.90. The molecule has 0 amide bonds. The van der Waals surface area contributed by atoms with Crippen LogP contribution in [0, 0.1) is 11.8 Å². The van der Waals surface area contributed by atoms with Crippen LogP contribution < -0.4 is 10.5 Å². The topological polar surface area (TPSA) is 38.5 Å². The molecule has 3 heteroatoms. The van der Waals surface area contributed by atoms with Gasteiger partial charge in [-0.3, -0.25) is 4.90 Å². The summed E-state index contributed by atoms with van der Waals surface area (Å²) in [6.07, 6.45) is 5.73. The summed E-state index contributed by atoms with van der Waals surface area (Å²) in [5, 5.41) is 0. The van der Waals surface area contributed by atoms with E-state index >= 15 is 0 Å². The Bertz CT molecular complexity index is 396. The minimum atomic E-state index is 0.594. The van der Waals surface area contributed by atoms with Crippen molar-refractivity contribution in [1.29, 1.82) is 0 Å². The van der Waals surface area contributed by atoms with Gasteiger partial charge in [-0.25, -0.2) is 0 Å². The zero-order valence-electron chi connectivity index (χ0n) is 12.3. The lowest BCUT2D eigenvalue weighted by Crippen LogP contribution is -2.32. The van der Waals surface area contributed by atoms with Gasteiger partial charge < -0.3 is 10.5 Å². The highest BCUT2D eigenvalue weighted by Crippen LogP contribution is 2.33. The molecule has 2 N–H and O–H groups in total. The monoisotopic (exact) mass is 274 g/mol. The number of nitrogens with two attached hydrogens (primary N) is 1. The van der Waals surface area contributed by atoms with E-state index < -0.39 is 0 Å². The van der Waals surface area contributed by atoms with Crippen LogP contribution in [0.2, 0.25) is 0 Å². The summed E-state index contributed by atoms with van der Waals surface area (Å²) in [4.78, 5) is 2.61. The van der Waals surface area contributed by atoms with Gasteiger partial charge in [0, 0.05) is 26.2 Å². The van der Waals surface area contributed by atoms with E-state index in [2.05, 4.69) is 4.90 Å². The fourth-order valence-electron chi connectivity index (χ4n) is 2.60. The number of rotatable bonds is 9. The van der Waals surface area contributed by atoms with Gasteiger partial charge in [0.25, 0.3) is 0 Å². The Morgan fingerprint density at radius 2 is 1.60 bits per heavy atom. The second-order valence-corrected chi connectivity index (χ2v) is 6.34. The Morgan fingerprint density at radius 3 is 2.10 bits per heavy atom. The minimum Gasteiger partial charge on any atom is -0.492 e. The maximum atomic E-state index is 5.86. The van der Waals surface area contributed by atoms with Crippen LogP contribution >= 0.6 is 0 Å². The molecular weight excluding hydrogens is 248 g/mol. The molecule has 2 aliphatic carbocycles. The van der Waals surface area contributed by atoms with Gasteiger partial charge in [0.15, 0.2) is 0 Å². The van der Waals surface area contributed by atoms with E-state index in [1.54, 1.807) is 0 Å². The van der Waals surface area contributed by atoms with Crippen LogP contribution in [0.4, 0.5) is 0 Å². The van der Waals surface area contributed by atoms with Crippen molar-refractivity contribution >= 4 is 0 Å². The normalized spacial score (nSPS) is 18.5. The Kier molecular flexibility index (Phi) is 4.58. The third-order valence-electron chi connectivity index (χ3n) is 4.26. The molecule has 1 aromatic carbocycles. The lowest BCUT2D eigenvalue weighted by Gasteiger charge is -2.22. The second kappa shape index (κ2) is 6.59. The van der Waals surface area contributed by atoms with Crippen molar-refractivity contribution in [2.75, 3.05) is 26.2 Å². The molecule has 0 spiro atoms. The van der Waals surface area contributed by atoms with E-state index in [0.29, 0.717) is 6.54 Å². The van der Waals surface area contributed by atoms with Gasteiger partial charge in [-0.2, -0.15) is 0 Å². The first kappa shape index (κ1) is 13.9. The summed E-state index contributed by atoms with van der Waals surface area (Å²) < 4.78 is 5.86. The van der Waals surface area contributed by atoms with E-state index in [-0.39, 0.29) is 0 Å². The predicted molar refractivity (Wildman–Crippen MR) is 81.7 cm³/mol. The van der Waals surface area contributed by atoms with E-state index in [4.69, 9.17) is 10.5 Å². The predicted octanol–water partition coefficient (Wildman–Crippen LogP) is 2.65. The van der Waals surface area contributed by atoms with Crippen LogP contribution in [0.15, 0.2) is 24.3 Å². The standard InChI is InChI=1S/C17H26N2O/c18-11-14-5-7-17(8-6-14)20-10-9-19(12-15-1-2-15)13-16-3-4-16/h5-8,15-16H,1-4,9-13,18H2. The van der Waals surface area contributed by atoms with E-state index in [0.717, 1.165) is 36.3 Å². The Balaban J connectivity index is 1.41.